The fourth-order valence-electron chi connectivity index (χ4n) is 2.38. The van der Waals surface area contributed by atoms with Crippen LogP contribution in [0.4, 0.5) is 0 Å². The van der Waals surface area contributed by atoms with Crippen molar-refractivity contribution in [1.82, 2.24) is 15.0 Å². The largest absolute Gasteiger partial charge is 0.321 e. The van der Waals surface area contributed by atoms with E-state index in [4.69, 9.17) is 0 Å². The number of hydrazone groups is 1. The van der Waals surface area contributed by atoms with Gasteiger partial charge in [0, 0.05) is 0 Å². The molecule has 3 aromatic rings. The summed E-state index contributed by atoms with van der Waals surface area (Å²) in [5, 5.41) is 4.00. The number of para-hydroxylation sites is 2. The van der Waals surface area contributed by atoms with Crippen molar-refractivity contribution in [3.63, 3.8) is 0 Å². The Bertz CT molecular complexity index is 894. The summed E-state index contributed by atoms with van der Waals surface area (Å²) in [6, 6.07) is 17.7. The predicted octanol–water partition coefficient (Wildman–Crippen LogP) is 3.24. The second kappa shape index (κ2) is 7.37. The zero-order valence-corrected chi connectivity index (χ0v) is 13.4. The molecule has 0 aliphatic carbocycles. The summed E-state index contributed by atoms with van der Waals surface area (Å²) in [5.74, 6) is -0.193. The van der Waals surface area contributed by atoms with Crippen LogP contribution in [0.1, 0.15) is 12.5 Å². The van der Waals surface area contributed by atoms with E-state index in [0.29, 0.717) is 0 Å². The highest BCUT2D eigenvalue weighted by Gasteiger charge is 2.05. The van der Waals surface area contributed by atoms with Crippen LogP contribution in [0.3, 0.4) is 0 Å². The zero-order chi connectivity index (χ0) is 16.8. The molecule has 0 atom stereocenters. The van der Waals surface area contributed by atoms with Gasteiger partial charge in [-0.05, 0) is 30.2 Å². The zero-order valence-electron chi connectivity index (χ0n) is 13.4. The first-order valence-electron chi connectivity index (χ1n) is 7.67. The van der Waals surface area contributed by atoms with Gasteiger partial charge in [-0.2, -0.15) is 5.10 Å². The minimum atomic E-state index is -0.193. The monoisotopic (exact) mass is 318 g/mol. The number of nitrogens with zero attached hydrogens (tertiary/aromatic N) is 3. The van der Waals surface area contributed by atoms with Gasteiger partial charge in [-0.1, -0.05) is 48.5 Å². The van der Waals surface area contributed by atoms with Crippen LogP contribution in [0, 0.1) is 0 Å². The van der Waals surface area contributed by atoms with Gasteiger partial charge in [0.25, 0.3) is 5.91 Å². The third kappa shape index (κ3) is 3.95. The molecule has 24 heavy (non-hydrogen) atoms. The molecule has 0 fully saturated rings. The molecule has 0 aliphatic heterocycles. The maximum atomic E-state index is 12.0. The van der Waals surface area contributed by atoms with E-state index in [1.807, 2.05) is 67.6 Å². The highest BCUT2D eigenvalue weighted by atomic mass is 16.2. The number of allylic oxidation sites excluding steroid dienone is 1. The number of fused-ring (bicyclic) bond motifs is 1. The first kappa shape index (κ1) is 15.7. The van der Waals surface area contributed by atoms with Crippen LogP contribution in [-0.2, 0) is 11.3 Å². The van der Waals surface area contributed by atoms with Gasteiger partial charge >= 0.3 is 0 Å². The van der Waals surface area contributed by atoms with Crippen molar-refractivity contribution in [2.75, 3.05) is 0 Å². The molecule has 1 heterocycles. The number of rotatable bonds is 5. The number of hydrogen-bond acceptors (Lipinski definition) is 3. The highest BCUT2D eigenvalue weighted by Crippen LogP contribution is 2.11. The van der Waals surface area contributed by atoms with Gasteiger partial charge in [-0.15, -0.1) is 0 Å². The lowest BCUT2D eigenvalue weighted by atomic mass is 10.1. The molecule has 5 heteroatoms. The van der Waals surface area contributed by atoms with Crippen molar-refractivity contribution < 1.29 is 4.79 Å². The Labute approximate surface area is 140 Å². The third-order valence-corrected chi connectivity index (χ3v) is 3.49. The lowest BCUT2D eigenvalue weighted by molar-refractivity contribution is -0.121. The number of aromatic nitrogens is 2. The summed E-state index contributed by atoms with van der Waals surface area (Å²) >= 11 is 0. The van der Waals surface area contributed by atoms with Gasteiger partial charge in [0.15, 0.2) is 0 Å². The molecular formula is C19H18N4O. The number of amides is 1. The summed E-state index contributed by atoms with van der Waals surface area (Å²) in [5.41, 5.74) is 6.39. The summed E-state index contributed by atoms with van der Waals surface area (Å²) < 4.78 is 1.80. The Morgan fingerprint density at radius 1 is 1.17 bits per heavy atom. The molecule has 0 radical (unpaired) electrons. The smallest absolute Gasteiger partial charge is 0.260 e. The highest BCUT2D eigenvalue weighted by molar-refractivity contribution is 5.86. The molecule has 120 valence electrons. The van der Waals surface area contributed by atoms with Gasteiger partial charge in [-0.3, -0.25) is 4.79 Å². The van der Waals surface area contributed by atoms with E-state index < -0.39 is 0 Å². The molecular weight excluding hydrogens is 300 g/mol. The Morgan fingerprint density at radius 3 is 2.75 bits per heavy atom. The van der Waals surface area contributed by atoms with Gasteiger partial charge in [-0.25, -0.2) is 10.4 Å². The number of hydrogen-bond donors (Lipinski definition) is 1. The quantitative estimate of drug-likeness (QED) is 0.580. The maximum absolute atomic E-state index is 12.0. The van der Waals surface area contributed by atoms with Crippen molar-refractivity contribution in [3.05, 3.63) is 72.1 Å². The maximum Gasteiger partial charge on any atom is 0.260 e. The van der Waals surface area contributed by atoms with Crippen molar-refractivity contribution in [2.45, 2.75) is 13.5 Å². The van der Waals surface area contributed by atoms with Crippen LogP contribution in [0.15, 0.2) is 71.6 Å². The summed E-state index contributed by atoms with van der Waals surface area (Å²) in [7, 11) is 0. The number of carbonyl (C=O) groups excluding carboxylic acids is 1. The number of carbonyl (C=O) groups is 1. The third-order valence-electron chi connectivity index (χ3n) is 3.49. The topological polar surface area (TPSA) is 59.3 Å². The summed E-state index contributed by atoms with van der Waals surface area (Å²) in [4.78, 5) is 16.3. The molecule has 1 amide bonds. The van der Waals surface area contributed by atoms with E-state index in [1.165, 1.54) is 0 Å². The lowest BCUT2D eigenvalue weighted by Gasteiger charge is -2.02. The molecule has 5 nitrogen and oxygen atoms in total. The van der Waals surface area contributed by atoms with Crippen LogP contribution in [-0.4, -0.2) is 21.7 Å². The molecule has 0 saturated carbocycles. The Morgan fingerprint density at radius 2 is 1.92 bits per heavy atom. The van der Waals surface area contributed by atoms with Crippen LogP contribution < -0.4 is 5.43 Å². The Hall–Kier alpha value is -3.21. The van der Waals surface area contributed by atoms with Gasteiger partial charge in [0.2, 0.25) is 0 Å². The van der Waals surface area contributed by atoms with Crippen LogP contribution in [0.2, 0.25) is 0 Å². The molecule has 2 aromatic carbocycles. The van der Waals surface area contributed by atoms with Crippen LogP contribution >= 0.6 is 0 Å². The normalized spacial score (nSPS) is 12.0. The van der Waals surface area contributed by atoms with Crippen LogP contribution in [0.5, 0.6) is 0 Å². The van der Waals surface area contributed by atoms with E-state index in [-0.39, 0.29) is 12.5 Å². The van der Waals surface area contributed by atoms with E-state index >= 15 is 0 Å². The average molecular weight is 318 g/mol. The molecule has 0 aliphatic rings. The standard InChI is InChI=1S/C19H18N4O/c1-15(11-16-7-3-2-4-8-16)12-21-22-19(24)13-23-14-20-17-9-5-6-10-18(17)23/h2-12,14H,13H2,1H3,(H,22,24)/b15-11?,21-12-. The number of imidazole rings is 1. The Kier molecular flexibility index (Phi) is 4.81. The van der Waals surface area contributed by atoms with E-state index in [9.17, 15) is 4.79 Å². The Balaban J connectivity index is 1.58. The van der Waals surface area contributed by atoms with E-state index in [2.05, 4.69) is 15.5 Å². The average Bonchev–Trinajstić information content (AvgIpc) is 2.99. The fourth-order valence-corrected chi connectivity index (χ4v) is 2.38. The summed E-state index contributed by atoms with van der Waals surface area (Å²) in [6.07, 6.45) is 5.30. The first-order chi connectivity index (χ1) is 11.7. The molecule has 3 rings (SSSR count). The lowest BCUT2D eigenvalue weighted by Crippen LogP contribution is -2.22. The van der Waals surface area contributed by atoms with Gasteiger partial charge < -0.3 is 4.57 Å². The first-order valence-corrected chi connectivity index (χ1v) is 7.67. The van der Waals surface area contributed by atoms with Gasteiger partial charge in [0.1, 0.15) is 6.54 Å². The van der Waals surface area contributed by atoms with E-state index in [0.717, 1.165) is 22.2 Å². The van der Waals surface area contributed by atoms with Gasteiger partial charge in [0.05, 0.1) is 23.6 Å². The number of benzene rings is 2. The van der Waals surface area contributed by atoms with Crippen LogP contribution in [0.25, 0.3) is 17.1 Å². The van der Waals surface area contributed by atoms with Crippen molar-refractivity contribution in [1.29, 1.82) is 0 Å². The predicted molar refractivity (Wildman–Crippen MR) is 96.5 cm³/mol. The second-order valence-corrected chi connectivity index (χ2v) is 5.45. The number of nitrogens with one attached hydrogen (secondary N) is 1. The molecule has 0 unspecified atom stereocenters. The molecule has 1 N–H and O–H groups in total. The fraction of sp³-hybridized carbons (Fsp3) is 0.105. The van der Waals surface area contributed by atoms with E-state index in [1.54, 1.807) is 17.1 Å². The molecule has 0 spiro atoms. The summed E-state index contributed by atoms with van der Waals surface area (Å²) in [6.45, 7) is 2.12. The molecule has 0 bridgehead atoms. The molecule has 1 aromatic heterocycles. The minimum Gasteiger partial charge on any atom is -0.321 e. The molecule has 0 saturated heterocycles. The van der Waals surface area contributed by atoms with Crippen molar-refractivity contribution >= 4 is 29.2 Å². The SMILES string of the molecule is CC(=Cc1ccccc1)/C=N\NC(=O)Cn1cnc2ccccc21. The second-order valence-electron chi connectivity index (χ2n) is 5.45. The van der Waals surface area contributed by atoms with Crippen molar-refractivity contribution in [2.24, 2.45) is 5.10 Å². The van der Waals surface area contributed by atoms with Crippen molar-refractivity contribution in [3.8, 4) is 0 Å². The minimum absolute atomic E-state index is 0.180.